The Labute approximate surface area is 375 Å². The van der Waals surface area contributed by atoms with Crippen molar-refractivity contribution in [3.05, 3.63) is 116 Å². The molecule has 4 aromatic carbocycles. The van der Waals surface area contributed by atoms with Crippen LogP contribution in [0.5, 0.6) is 0 Å². The zero-order chi connectivity index (χ0) is 50.7. The number of rotatable bonds is 22. The van der Waals surface area contributed by atoms with Gasteiger partial charge < -0.3 is 0 Å². The molecule has 0 aliphatic carbocycles. The topological polar surface area (TPSA) is 9.23 Å². The Balaban J connectivity index is 0.000000457. The maximum Gasteiger partial charge on any atom is 0.200 e. The van der Waals surface area contributed by atoms with E-state index in [1.807, 2.05) is 0 Å². The molecule has 0 aliphatic rings. The molecular formula is C44H43BF20OS. The molecule has 23 heteroatoms. The molecule has 0 spiro atoms. The predicted molar refractivity (Wildman–Crippen MR) is 214 cm³/mol. The summed E-state index contributed by atoms with van der Waals surface area (Å²) in [5, 5.41) is 0. The summed E-state index contributed by atoms with van der Waals surface area (Å²) in [7, 11) is 0. The molecule has 0 atom stereocenters. The Bertz CT molecular complexity index is 1960. The van der Waals surface area contributed by atoms with E-state index < -0.39 is 144 Å². The first-order chi connectivity index (χ1) is 31.5. The molecular weight excluding hydrogens is 967 g/mol. The van der Waals surface area contributed by atoms with Crippen LogP contribution >= 0.6 is 0 Å². The van der Waals surface area contributed by atoms with Gasteiger partial charge in [-0.25, -0.2) is 87.8 Å². The van der Waals surface area contributed by atoms with E-state index in [2.05, 4.69) is 19.4 Å². The van der Waals surface area contributed by atoms with E-state index in [0.717, 1.165) is 6.61 Å². The van der Waals surface area contributed by atoms with Crippen LogP contribution < -0.4 is 21.9 Å². The maximum atomic E-state index is 15.4. The van der Waals surface area contributed by atoms with Crippen LogP contribution in [0.1, 0.15) is 110 Å². The van der Waals surface area contributed by atoms with Crippen LogP contribution in [0.4, 0.5) is 87.8 Å². The third-order valence-electron chi connectivity index (χ3n) is 11.0. The highest BCUT2D eigenvalue weighted by molar-refractivity contribution is 7.90. The number of halogens is 20. The molecule has 0 saturated heterocycles. The van der Waals surface area contributed by atoms with Gasteiger partial charge in [-0.2, -0.15) is 4.18 Å². The van der Waals surface area contributed by atoms with Crippen LogP contribution in [0.15, 0.2) is 0 Å². The fourth-order valence-corrected chi connectivity index (χ4v) is 8.20. The highest BCUT2D eigenvalue weighted by Crippen LogP contribution is 2.31. The van der Waals surface area contributed by atoms with Crippen LogP contribution in [0.25, 0.3) is 0 Å². The van der Waals surface area contributed by atoms with Crippen LogP contribution in [0.2, 0.25) is 0 Å². The van der Waals surface area contributed by atoms with Gasteiger partial charge >= 0.3 is 0 Å². The minimum absolute atomic E-state index is 0.166. The van der Waals surface area contributed by atoms with Gasteiger partial charge in [0.25, 0.3) is 0 Å². The van der Waals surface area contributed by atoms with Crippen molar-refractivity contribution in [1.82, 2.24) is 0 Å². The second-order valence-electron chi connectivity index (χ2n) is 15.7. The monoisotopic (exact) mass is 1010 g/mol. The minimum Gasteiger partial charge on any atom is -0.207 e. The molecule has 67 heavy (non-hydrogen) atoms. The van der Waals surface area contributed by atoms with E-state index in [0.29, 0.717) is 0 Å². The molecule has 0 aromatic heterocycles. The largest absolute Gasteiger partial charge is 0.207 e. The third kappa shape index (κ3) is 12.2. The van der Waals surface area contributed by atoms with E-state index in [-0.39, 0.29) is 11.2 Å². The minimum atomic E-state index is -7.22. The smallest absolute Gasteiger partial charge is 0.200 e. The quantitative estimate of drug-likeness (QED) is 0.0190. The van der Waals surface area contributed by atoms with Crippen molar-refractivity contribution >= 4 is 39.2 Å². The van der Waals surface area contributed by atoms with E-state index in [1.165, 1.54) is 103 Å². The van der Waals surface area contributed by atoms with Gasteiger partial charge in [0.05, 0.1) is 0 Å². The van der Waals surface area contributed by atoms with Gasteiger partial charge in [-0.1, -0.05) is 103 Å². The maximum absolute atomic E-state index is 15.4. The Morgan fingerprint density at radius 2 is 0.433 bits per heavy atom. The second-order valence-corrected chi connectivity index (χ2v) is 17.4. The molecule has 0 radical (unpaired) electrons. The zero-order valence-electron chi connectivity index (χ0n) is 36.0. The lowest BCUT2D eigenvalue weighted by molar-refractivity contribution is 0.347. The summed E-state index contributed by atoms with van der Waals surface area (Å²) in [6, 6.07) is 0. The van der Waals surface area contributed by atoms with Crippen molar-refractivity contribution < 1.29 is 92.0 Å². The Hall–Kier alpha value is -4.15. The molecule has 0 unspecified atom stereocenters. The van der Waals surface area contributed by atoms with Crippen LogP contribution in [0, 0.1) is 116 Å². The van der Waals surface area contributed by atoms with Crippen molar-refractivity contribution in [3.63, 3.8) is 0 Å². The lowest BCUT2D eigenvalue weighted by Gasteiger charge is -2.44. The van der Waals surface area contributed by atoms with Crippen molar-refractivity contribution in [3.8, 4) is 0 Å². The normalized spacial score (nSPS) is 11.8. The highest BCUT2D eigenvalue weighted by Gasteiger charge is 2.52. The van der Waals surface area contributed by atoms with E-state index >= 15 is 35.1 Å². The average molecular weight is 1010 g/mol. The average Bonchev–Trinajstić information content (AvgIpc) is 3.30. The number of hydrogen-bond donors (Lipinski definition) is 0. The van der Waals surface area contributed by atoms with Crippen molar-refractivity contribution in [1.29, 1.82) is 0 Å². The van der Waals surface area contributed by atoms with E-state index in [1.54, 1.807) is 0 Å². The van der Waals surface area contributed by atoms with E-state index in [4.69, 9.17) is 4.18 Å². The van der Waals surface area contributed by atoms with Gasteiger partial charge in [0, 0.05) is 0 Å². The molecule has 0 saturated carbocycles. The number of hydrogen-bond acceptors (Lipinski definition) is 1. The molecule has 4 aromatic rings. The molecule has 0 N–H and O–H groups in total. The van der Waals surface area contributed by atoms with Crippen molar-refractivity contribution in [2.75, 3.05) is 19.1 Å². The van der Waals surface area contributed by atoms with Gasteiger partial charge in [-0.15, -0.1) is 21.9 Å². The second kappa shape index (κ2) is 25.5. The summed E-state index contributed by atoms with van der Waals surface area (Å²) < 4.78 is 300. The van der Waals surface area contributed by atoms with Gasteiger partial charge in [0.15, 0.2) is 69.8 Å². The number of unbranched alkanes of at least 4 members (excludes halogenated alkanes) is 15. The zero-order valence-corrected chi connectivity index (χ0v) is 36.8. The summed E-state index contributed by atoms with van der Waals surface area (Å²) in [4.78, 5) is 0. The SMILES string of the molecule is CCCCCCCCCCCCCCCCCCO[S+](C)C.Fc1c(F)c(F)c([B-](c2c(F)c(F)c(F)c(F)c2F)(c2c(F)c(F)c(F)c(F)c2F)c2c(F)c(F)c(F)c(F)c2F)c(F)c1F. The third-order valence-corrected chi connectivity index (χ3v) is 11.7. The number of benzene rings is 4. The van der Waals surface area contributed by atoms with Crippen LogP contribution in [-0.2, 0) is 15.4 Å². The standard InChI is InChI=1S/C24BF20.C20H43OS/c26-5-1(6(27)14(35)21(42)13(5)34)25(2-7(28)15(36)22(43)16(37)8(2)29,3-9(30)17(38)23(44)18(39)10(3)31)4-11(32)19(40)24(45)20(41)12(4)33;1-4-5-6-7-8-9-10-11-12-13-14-15-16-17-18-19-20-21-22(2)3/h;4-20H2,1-3H3/q-1;+1. The van der Waals surface area contributed by atoms with Crippen molar-refractivity contribution in [2.45, 2.75) is 110 Å². The molecule has 0 aliphatic heterocycles. The van der Waals surface area contributed by atoms with Gasteiger partial charge in [-0.05, 0) is 6.42 Å². The summed E-state index contributed by atoms with van der Waals surface area (Å²) in [5.41, 5.74) is -14.3. The fraction of sp³-hybridized carbons (Fsp3) is 0.455. The Kier molecular flexibility index (Phi) is 21.7. The van der Waals surface area contributed by atoms with Crippen molar-refractivity contribution in [2.24, 2.45) is 0 Å². The van der Waals surface area contributed by atoms with Gasteiger partial charge in [-0.3, -0.25) is 0 Å². The molecule has 374 valence electrons. The fourth-order valence-electron chi connectivity index (χ4n) is 7.75. The highest BCUT2D eigenvalue weighted by atomic mass is 32.2. The molecule has 0 bridgehead atoms. The van der Waals surface area contributed by atoms with Gasteiger partial charge in [0.1, 0.15) is 83.0 Å². The molecule has 0 heterocycles. The molecule has 0 amide bonds. The van der Waals surface area contributed by atoms with Gasteiger partial charge in [0.2, 0.25) is 0 Å². The van der Waals surface area contributed by atoms with E-state index in [9.17, 15) is 52.7 Å². The van der Waals surface area contributed by atoms with Crippen LogP contribution in [0.3, 0.4) is 0 Å². The summed E-state index contributed by atoms with van der Waals surface area (Å²) >= 11 is 0.166. The molecule has 0 fully saturated rings. The predicted octanol–water partition coefficient (Wildman–Crippen LogP) is 12.9. The first kappa shape index (κ1) is 57.2. The lowest BCUT2D eigenvalue weighted by Crippen LogP contribution is -2.81. The summed E-state index contributed by atoms with van der Waals surface area (Å²) in [6.45, 7) is 3.26. The van der Waals surface area contributed by atoms with Crippen LogP contribution in [-0.4, -0.2) is 25.3 Å². The molecule has 4 rings (SSSR count). The summed E-state index contributed by atoms with van der Waals surface area (Å²) in [6.07, 6.45) is 20.0. The molecule has 1 nitrogen and oxygen atoms in total. The first-order valence-corrected chi connectivity index (χ1v) is 22.9. The Morgan fingerprint density at radius 1 is 0.269 bits per heavy atom. The lowest BCUT2D eigenvalue weighted by atomic mass is 9.12. The first-order valence-electron chi connectivity index (χ1n) is 20.9. The summed E-state index contributed by atoms with van der Waals surface area (Å²) in [5.74, 6) is -71.4. The Morgan fingerprint density at radius 3 is 0.612 bits per heavy atom.